The monoisotopic (exact) mass is 315 g/mol. The quantitative estimate of drug-likeness (QED) is 0.887. The van der Waals surface area contributed by atoms with Gasteiger partial charge in [-0.05, 0) is 25.5 Å². The van der Waals surface area contributed by atoms with E-state index in [2.05, 4.69) is 47.2 Å². The van der Waals surface area contributed by atoms with Gasteiger partial charge < -0.3 is 10.1 Å². The molecule has 1 N–H and O–H groups in total. The minimum atomic E-state index is 0.108. The highest BCUT2D eigenvalue weighted by Crippen LogP contribution is 2.34. The molecule has 6 nitrogen and oxygen atoms in total. The molecule has 2 atom stereocenters. The molecular formula is C17H25N5O. The Morgan fingerprint density at radius 3 is 3.00 bits per heavy atom. The summed E-state index contributed by atoms with van der Waals surface area (Å²) in [6, 6.07) is 3.99. The summed E-state index contributed by atoms with van der Waals surface area (Å²) in [7, 11) is 0. The molecule has 23 heavy (non-hydrogen) atoms. The normalized spacial score (nSPS) is 21.0. The highest BCUT2D eigenvalue weighted by molar-refractivity contribution is 5.33. The van der Waals surface area contributed by atoms with Crippen LogP contribution in [0.5, 0.6) is 0 Å². The molecule has 2 aromatic heterocycles. The van der Waals surface area contributed by atoms with Gasteiger partial charge in [0.1, 0.15) is 17.7 Å². The van der Waals surface area contributed by atoms with Crippen LogP contribution in [0.1, 0.15) is 50.7 Å². The van der Waals surface area contributed by atoms with E-state index < -0.39 is 0 Å². The van der Waals surface area contributed by atoms with Gasteiger partial charge in [-0.2, -0.15) is 5.10 Å². The fourth-order valence-corrected chi connectivity index (χ4v) is 3.00. The van der Waals surface area contributed by atoms with E-state index in [1.165, 1.54) is 5.69 Å². The average molecular weight is 315 g/mol. The second-order valence-corrected chi connectivity index (χ2v) is 6.25. The zero-order valence-electron chi connectivity index (χ0n) is 14.1. The lowest BCUT2D eigenvalue weighted by Gasteiger charge is -2.20. The van der Waals surface area contributed by atoms with E-state index >= 15 is 0 Å². The molecule has 1 fully saturated rings. The molecule has 0 unspecified atom stereocenters. The Balaban J connectivity index is 1.66. The Morgan fingerprint density at radius 1 is 1.35 bits per heavy atom. The number of hydrogen-bond donors (Lipinski definition) is 1. The number of nitrogens with zero attached hydrogens (tertiary/aromatic N) is 4. The third-order valence-corrected chi connectivity index (χ3v) is 4.29. The van der Waals surface area contributed by atoms with Crippen LogP contribution >= 0.6 is 0 Å². The highest BCUT2D eigenvalue weighted by Gasteiger charge is 2.31. The Morgan fingerprint density at radius 2 is 2.22 bits per heavy atom. The fourth-order valence-electron chi connectivity index (χ4n) is 3.00. The molecule has 0 aromatic carbocycles. The summed E-state index contributed by atoms with van der Waals surface area (Å²) in [4.78, 5) is 8.88. The Kier molecular flexibility index (Phi) is 4.91. The zero-order valence-corrected chi connectivity index (χ0v) is 14.1. The molecule has 0 radical (unpaired) electrons. The average Bonchev–Trinajstić information content (AvgIpc) is 3.21. The van der Waals surface area contributed by atoms with Crippen molar-refractivity contribution in [3.8, 4) is 0 Å². The van der Waals surface area contributed by atoms with Crippen molar-refractivity contribution in [3.05, 3.63) is 36.0 Å². The molecule has 0 amide bonds. The fraction of sp³-hybridized carbons (Fsp3) is 0.588. The topological polar surface area (TPSA) is 64.9 Å². The van der Waals surface area contributed by atoms with Crippen molar-refractivity contribution in [2.24, 2.45) is 5.92 Å². The predicted octanol–water partition coefficient (Wildman–Crippen LogP) is 3.01. The predicted molar refractivity (Wildman–Crippen MR) is 89.3 cm³/mol. The van der Waals surface area contributed by atoms with Crippen LogP contribution in [0, 0.1) is 5.92 Å². The SMILES string of the molecule is CCn1nccc1[C@@H]1OCC[C@H]1CNc1ccnc(C(C)C)n1. The highest BCUT2D eigenvalue weighted by atomic mass is 16.5. The summed E-state index contributed by atoms with van der Waals surface area (Å²) in [6.07, 6.45) is 4.83. The molecule has 1 aliphatic rings. The van der Waals surface area contributed by atoms with Gasteiger partial charge in [0.15, 0.2) is 0 Å². The molecule has 2 aromatic rings. The largest absolute Gasteiger partial charge is 0.372 e. The van der Waals surface area contributed by atoms with Crippen molar-refractivity contribution < 1.29 is 4.74 Å². The first kappa shape index (κ1) is 15.9. The van der Waals surface area contributed by atoms with Gasteiger partial charge in [0, 0.05) is 43.9 Å². The van der Waals surface area contributed by atoms with E-state index in [1.54, 1.807) is 0 Å². The van der Waals surface area contributed by atoms with Crippen LogP contribution in [-0.4, -0.2) is 32.9 Å². The smallest absolute Gasteiger partial charge is 0.133 e. The van der Waals surface area contributed by atoms with Crippen LogP contribution in [0.15, 0.2) is 24.5 Å². The van der Waals surface area contributed by atoms with Gasteiger partial charge in [0.25, 0.3) is 0 Å². The molecule has 0 bridgehead atoms. The first-order valence-corrected chi connectivity index (χ1v) is 8.39. The Hall–Kier alpha value is -1.95. The number of anilines is 1. The first-order valence-electron chi connectivity index (χ1n) is 8.39. The summed E-state index contributed by atoms with van der Waals surface area (Å²) in [6.45, 7) is 8.82. The van der Waals surface area contributed by atoms with Gasteiger partial charge in [-0.1, -0.05) is 13.8 Å². The Labute approximate surface area is 137 Å². The number of hydrogen-bond acceptors (Lipinski definition) is 5. The van der Waals surface area contributed by atoms with Gasteiger partial charge in [-0.25, -0.2) is 9.97 Å². The third-order valence-electron chi connectivity index (χ3n) is 4.29. The molecule has 1 saturated heterocycles. The maximum Gasteiger partial charge on any atom is 0.133 e. The van der Waals surface area contributed by atoms with E-state index in [0.29, 0.717) is 11.8 Å². The van der Waals surface area contributed by atoms with Gasteiger partial charge in [-0.15, -0.1) is 0 Å². The molecule has 0 saturated carbocycles. The summed E-state index contributed by atoms with van der Waals surface area (Å²) in [5, 5.41) is 7.81. The van der Waals surface area contributed by atoms with E-state index in [0.717, 1.165) is 37.8 Å². The number of rotatable bonds is 6. The standard InChI is InChI=1S/C17H25N5O/c1-4-22-14(5-9-20-22)16-13(7-10-23-16)11-19-15-6-8-18-17(21-15)12(2)3/h5-6,8-9,12-13,16H,4,7,10-11H2,1-3H3,(H,18,19,21)/t13-,16+/m0/s1. The lowest BCUT2D eigenvalue weighted by atomic mass is 9.99. The maximum absolute atomic E-state index is 5.97. The van der Waals surface area contributed by atoms with Crippen LogP contribution in [0.25, 0.3) is 0 Å². The molecule has 3 heterocycles. The molecule has 3 rings (SSSR count). The molecule has 124 valence electrons. The van der Waals surface area contributed by atoms with Crippen LogP contribution in [0.3, 0.4) is 0 Å². The van der Waals surface area contributed by atoms with Crippen molar-refractivity contribution in [3.63, 3.8) is 0 Å². The molecule has 0 aliphatic carbocycles. The van der Waals surface area contributed by atoms with Crippen LogP contribution < -0.4 is 5.32 Å². The van der Waals surface area contributed by atoms with Crippen LogP contribution in [0.2, 0.25) is 0 Å². The number of aromatic nitrogens is 4. The lowest BCUT2D eigenvalue weighted by molar-refractivity contribution is 0.0858. The van der Waals surface area contributed by atoms with Crippen molar-refractivity contribution in [2.75, 3.05) is 18.5 Å². The summed E-state index contributed by atoms with van der Waals surface area (Å²) < 4.78 is 7.99. The lowest BCUT2D eigenvalue weighted by Crippen LogP contribution is -2.21. The van der Waals surface area contributed by atoms with Crippen molar-refractivity contribution in [1.82, 2.24) is 19.7 Å². The Bertz CT molecular complexity index is 639. The second kappa shape index (κ2) is 7.08. The summed E-state index contributed by atoms with van der Waals surface area (Å²) >= 11 is 0. The third kappa shape index (κ3) is 3.52. The summed E-state index contributed by atoms with van der Waals surface area (Å²) in [5.74, 6) is 2.52. The van der Waals surface area contributed by atoms with E-state index in [-0.39, 0.29) is 6.10 Å². The first-order chi connectivity index (χ1) is 11.2. The summed E-state index contributed by atoms with van der Waals surface area (Å²) in [5.41, 5.74) is 1.17. The molecule has 6 heteroatoms. The van der Waals surface area contributed by atoms with Crippen LogP contribution in [-0.2, 0) is 11.3 Å². The van der Waals surface area contributed by atoms with E-state index in [9.17, 15) is 0 Å². The maximum atomic E-state index is 5.97. The van der Waals surface area contributed by atoms with E-state index in [1.807, 2.05) is 23.1 Å². The van der Waals surface area contributed by atoms with Crippen molar-refractivity contribution in [1.29, 1.82) is 0 Å². The second-order valence-electron chi connectivity index (χ2n) is 6.25. The number of aryl methyl sites for hydroxylation is 1. The van der Waals surface area contributed by atoms with Gasteiger partial charge in [0.2, 0.25) is 0 Å². The van der Waals surface area contributed by atoms with Gasteiger partial charge >= 0.3 is 0 Å². The van der Waals surface area contributed by atoms with Crippen molar-refractivity contribution in [2.45, 2.75) is 45.8 Å². The minimum Gasteiger partial charge on any atom is -0.372 e. The zero-order chi connectivity index (χ0) is 16.2. The van der Waals surface area contributed by atoms with Crippen LogP contribution in [0.4, 0.5) is 5.82 Å². The number of ether oxygens (including phenoxy) is 1. The van der Waals surface area contributed by atoms with E-state index in [4.69, 9.17) is 4.74 Å². The van der Waals surface area contributed by atoms with Crippen molar-refractivity contribution >= 4 is 5.82 Å². The van der Waals surface area contributed by atoms with Gasteiger partial charge in [-0.3, -0.25) is 4.68 Å². The molecule has 1 aliphatic heterocycles. The molecule has 0 spiro atoms. The molecular weight excluding hydrogens is 290 g/mol. The minimum absolute atomic E-state index is 0.108. The van der Waals surface area contributed by atoms with Gasteiger partial charge in [0.05, 0.1) is 5.69 Å². The number of nitrogens with one attached hydrogen (secondary N) is 1.